The van der Waals surface area contributed by atoms with Gasteiger partial charge in [0, 0.05) is 18.8 Å². The highest BCUT2D eigenvalue weighted by molar-refractivity contribution is 5.82. The van der Waals surface area contributed by atoms with Gasteiger partial charge in [0.15, 0.2) is 0 Å². The normalized spacial score (nSPS) is 24.0. The molecule has 1 rings (SSSR count). The molecule has 0 radical (unpaired) electrons. The Labute approximate surface area is 78.7 Å². The van der Waals surface area contributed by atoms with Gasteiger partial charge in [-0.3, -0.25) is 9.59 Å². The zero-order valence-electron chi connectivity index (χ0n) is 7.92. The number of ketones is 1. The van der Waals surface area contributed by atoms with Crippen LogP contribution in [0.5, 0.6) is 0 Å². The van der Waals surface area contributed by atoms with Gasteiger partial charge in [0.2, 0.25) is 5.91 Å². The third-order valence-electron chi connectivity index (χ3n) is 2.67. The van der Waals surface area contributed by atoms with Crippen molar-refractivity contribution in [2.75, 3.05) is 0 Å². The maximum Gasteiger partial charge on any atom is 0.217 e. The molecular formula is C10H17NO2. The zero-order chi connectivity index (χ0) is 9.68. The average molecular weight is 183 g/mol. The third-order valence-corrected chi connectivity index (χ3v) is 2.67. The van der Waals surface area contributed by atoms with Crippen molar-refractivity contribution in [1.29, 1.82) is 0 Å². The molecule has 0 aromatic rings. The van der Waals surface area contributed by atoms with E-state index in [2.05, 4.69) is 0 Å². The number of nitrogens with two attached hydrogens (primary N) is 1. The zero-order valence-corrected chi connectivity index (χ0v) is 7.92. The molecular weight excluding hydrogens is 166 g/mol. The predicted octanol–water partition coefficient (Wildman–Crippen LogP) is 1.40. The molecule has 0 bridgehead atoms. The standard InChI is InChI=1S/C10H17NO2/c11-10(13)7-6-8-4-2-1-3-5-9(8)12/h8H,1-7H2,(H2,11,13). The van der Waals surface area contributed by atoms with Gasteiger partial charge in [0.05, 0.1) is 0 Å². The van der Waals surface area contributed by atoms with E-state index in [1.165, 1.54) is 0 Å². The molecule has 0 spiro atoms. The second-order valence-electron chi connectivity index (χ2n) is 3.77. The van der Waals surface area contributed by atoms with E-state index in [-0.39, 0.29) is 11.8 Å². The van der Waals surface area contributed by atoms with Crippen LogP contribution in [0, 0.1) is 5.92 Å². The molecule has 0 aromatic heterocycles. The highest BCUT2D eigenvalue weighted by Crippen LogP contribution is 2.23. The molecule has 3 nitrogen and oxygen atoms in total. The third kappa shape index (κ3) is 3.57. The number of amides is 1. The molecule has 1 aliphatic rings. The van der Waals surface area contributed by atoms with Crippen LogP contribution >= 0.6 is 0 Å². The van der Waals surface area contributed by atoms with Crippen LogP contribution in [0.1, 0.15) is 44.9 Å². The van der Waals surface area contributed by atoms with Gasteiger partial charge in [-0.25, -0.2) is 0 Å². The highest BCUT2D eigenvalue weighted by atomic mass is 16.1. The first-order chi connectivity index (χ1) is 6.20. The molecule has 0 aliphatic heterocycles. The van der Waals surface area contributed by atoms with Crippen molar-refractivity contribution in [3.8, 4) is 0 Å². The summed E-state index contributed by atoms with van der Waals surface area (Å²) in [4.78, 5) is 22.0. The van der Waals surface area contributed by atoms with E-state index in [1.54, 1.807) is 0 Å². The minimum absolute atomic E-state index is 0.106. The lowest BCUT2D eigenvalue weighted by Crippen LogP contribution is -2.17. The molecule has 2 N–H and O–H groups in total. The second kappa shape index (κ2) is 5.00. The topological polar surface area (TPSA) is 60.2 Å². The minimum Gasteiger partial charge on any atom is -0.370 e. The van der Waals surface area contributed by atoms with Gasteiger partial charge in [0.25, 0.3) is 0 Å². The molecule has 0 heterocycles. The van der Waals surface area contributed by atoms with E-state index in [1.807, 2.05) is 0 Å². The number of hydrogen-bond acceptors (Lipinski definition) is 2. The number of primary amides is 1. The molecule has 1 amide bonds. The van der Waals surface area contributed by atoms with Crippen LogP contribution in [-0.2, 0) is 9.59 Å². The fraction of sp³-hybridized carbons (Fsp3) is 0.800. The van der Waals surface area contributed by atoms with E-state index in [9.17, 15) is 9.59 Å². The van der Waals surface area contributed by atoms with Crippen LogP contribution in [0.2, 0.25) is 0 Å². The molecule has 1 atom stereocenters. The van der Waals surface area contributed by atoms with Gasteiger partial charge >= 0.3 is 0 Å². The molecule has 1 saturated carbocycles. The fourth-order valence-corrected chi connectivity index (χ4v) is 1.85. The number of carbonyl (C=O) groups excluding carboxylic acids is 2. The Morgan fingerprint density at radius 1 is 1.38 bits per heavy atom. The average Bonchev–Trinajstić information content (AvgIpc) is 2.27. The second-order valence-corrected chi connectivity index (χ2v) is 3.77. The van der Waals surface area contributed by atoms with Crippen molar-refractivity contribution in [3.05, 3.63) is 0 Å². The maximum atomic E-state index is 11.5. The van der Waals surface area contributed by atoms with Gasteiger partial charge in [-0.05, 0) is 19.3 Å². The van der Waals surface area contributed by atoms with Gasteiger partial charge < -0.3 is 5.73 Å². The number of Topliss-reactive ketones (excluding diaryl/α,β-unsaturated/α-hetero) is 1. The quantitative estimate of drug-likeness (QED) is 0.672. The first-order valence-corrected chi connectivity index (χ1v) is 5.01. The van der Waals surface area contributed by atoms with Crippen LogP contribution in [0.4, 0.5) is 0 Å². The summed E-state index contributed by atoms with van der Waals surface area (Å²) in [6.07, 6.45) is 5.96. The molecule has 1 fully saturated rings. The van der Waals surface area contributed by atoms with E-state index in [4.69, 9.17) is 5.73 Å². The number of rotatable bonds is 3. The smallest absolute Gasteiger partial charge is 0.217 e. The summed E-state index contributed by atoms with van der Waals surface area (Å²) in [6, 6.07) is 0. The maximum absolute atomic E-state index is 11.5. The van der Waals surface area contributed by atoms with Crippen LogP contribution < -0.4 is 5.73 Å². The predicted molar refractivity (Wildman–Crippen MR) is 50.0 cm³/mol. The van der Waals surface area contributed by atoms with Crippen molar-refractivity contribution >= 4 is 11.7 Å². The summed E-state index contributed by atoms with van der Waals surface area (Å²) in [7, 11) is 0. The van der Waals surface area contributed by atoms with Gasteiger partial charge in [-0.1, -0.05) is 12.8 Å². The molecule has 1 unspecified atom stereocenters. The van der Waals surface area contributed by atoms with E-state index >= 15 is 0 Å². The Morgan fingerprint density at radius 2 is 2.15 bits per heavy atom. The van der Waals surface area contributed by atoms with E-state index in [0.29, 0.717) is 25.0 Å². The summed E-state index contributed by atoms with van der Waals surface area (Å²) in [5.41, 5.74) is 5.04. The molecule has 74 valence electrons. The van der Waals surface area contributed by atoms with Crippen molar-refractivity contribution in [2.24, 2.45) is 11.7 Å². The van der Waals surface area contributed by atoms with Crippen LogP contribution in [0.15, 0.2) is 0 Å². The SMILES string of the molecule is NC(=O)CCC1CCCCCC1=O. The fourth-order valence-electron chi connectivity index (χ4n) is 1.85. The Morgan fingerprint density at radius 3 is 2.85 bits per heavy atom. The Balaban J connectivity index is 2.36. The summed E-state index contributed by atoms with van der Waals surface area (Å²) in [5.74, 6) is 0.144. The Bertz CT molecular complexity index is 201. The molecule has 0 aromatic carbocycles. The summed E-state index contributed by atoms with van der Waals surface area (Å²) >= 11 is 0. The molecule has 1 aliphatic carbocycles. The monoisotopic (exact) mass is 183 g/mol. The Hall–Kier alpha value is -0.860. The number of carbonyl (C=O) groups is 2. The summed E-state index contributed by atoms with van der Waals surface area (Å²) in [6.45, 7) is 0. The van der Waals surface area contributed by atoms with Crippen LogP contribution in [0.25, 0.3) is 0 Å². The van der Waals surface area contributed by atoms with Crippen molar-refractivity contribution in [2.45, 2.75) is 44.9 Å². The lowest BCUT2D eigenvalue weighted by molar-refractivity contribution is -0.123. The molecule has 0 saturated heterocycles. The molecule has 3 heteroatoms. The van der Waals surface area contributed by atoms with Crippen LogP contribution in [-0.4, -0.2) is 11.7 Å². The summed E-state index contributed by atoms with van der Waals surface area (Å²) in [5, 5.41) is 0. The van der Waals surface area contributed by atoms with Crippen molar-refractivity contribution in [3.63, 3.8) is 0 Å². The van der Waals surface area contributed by atoms with E-state index < -0.39 is 0 Å². The van der Waals surface area contributed by atoms with Crippen LogP contribution in [0.3, 0.4) is 0 Å². The first-order valence-electron chi connectivity index (χ1n) is 5.01. The van der Waals surface area contributed by atoms with Crippen molar-refractivity contribution < 1.29 is 9.59 Å². The lowest BCUT2D eigenvalue weighted by Gasteiger charge is -2.10. The largest absolute Gasteiger partial charge is 0.370 e. The summed E-state index contributed by atoms with van der Waals surface area (Å²) < 4.78 is 0. The highest BCUT2D eigenvalue weighted by Gasteiger charge is 2.20. The minimum atomic E-state index is -0.294. The first kappa shape index (κ1) is 10.2. The van der Waals surface area contributed by atoms with Gasteiger partial charge in [0.1, 0.15) is 5.78 Å². The van der Waals surface area contributed by atoms with Crippen molar-refractivity contribution in [1.82, 2.24) is 0 Å². The van der Waals surface area contributed by atoms with E-state index in [0.717, 1.165) is 25.7 Å². The van der Waals surface area contributed by atoms with Gasteiger partial charge in [-0.2, -0.15) is 0 Å². The van der Waals surface area contributed by atoms with Gasteiger partial charge in [-0.15, -0.1) is 0 Å². The number of hydrogen-bond donors (Lipinski definition) is 1. The lowest BCUT2D eigenvalue weighted by atomic mass is 9.94. The Kier molecular flexibility index (Phi) is 3.93. The molecule has 13 heavy (non-hydrogen) atoms.